The summed E-state index contributed by atoms with van der Waals surface area (Å²) in [7, 11) is 0. The van der Waals surface area contributed by atoms with Crippen LogP contribution in [0.1, 0.15) is 36.5 Å². The molecule has 0 radical (unpaired) electrons. The van der Waals surface area contributed by atoms with Crippen LogP contribution in [-0.4, -0.2) is 28.5 Å². The number of carbonyl (C=O) groups excluding carboxylic acids is 2. The van der Waals surface area contributed by atoms with Gasteiger partial charge < -0.3 is 10.1 Å². The molecule has 1 aromatic carbocycles. The number of anilines is 1. The Bertz CT molecular complexity index is 889. The van der Waals surface area contributed by atoms with Crippen LogP contribution >= 0.6 is 22.7 Å². The fourth-order valence-electron chi connectivity index (χ4n) is 2.29. The predicted octanol–water partition coefficient (Wildman–Crippen LogP) is 4.66. The summed E-state index contributed by atoms with van der Waals surface area (Å²) in [5.74, 6) is 0.409. The van der Waals surface area contributed by atoms with Crippen LogP contribution in [0.2, 0.25) is 0 Å². The van der Waals surface area contributed by atoms with Crippen LogP contribution in [-0.2, 0) is 4.79 Å². The maximum Gasteiger partial charge on any atom is 0.226 e. The summed E-state index contributed by atoms with van der Waals surface area (Å²) >= 11 is 2.89. The second-order valence-electron chi connectivity index (χ2n) is 5.77. The van der Waals surface area contributed by atoms with Crippen LogP contribution in [0, 0.1) is 0 Å². The highest BCUT2D eigenvalue weighted by atomic mass is 32.1. The zero-order chi connectivity index (χ0) is 19.1. The molecule has 2 heterocycles. The molecule has 0 aliphatic carbocycles. The van der Waals surface area contributed by atoms with E-state index in [1.54, 1.807) is 35.6 Å². The maximum atomic E-state index is 12.2. The number of Topliss-reactive ketones (excluding diaryl/α,β-unsaturated/α-hetero) is 1. The smallest absolute Gasteiger partial charge is 0.226 e. The second kappa shape index (κ2) is 9.38. The van der Waals surface area contributed by atoms with Crippen molar-refractivity contribution in [2.45, 2.75) is 26.2 Å². The normalized spacial score (nSPS) is 10.6. The number of nitrogens with one attached hydrogen (secondary N) is 1. The summed E-state index contributed by atoms with van der Waals surface area (Å²) in [4.78, 5) is 24.3. The van der Waals surface area contributed by atoms with E-state index in [0.29, 0.717) is 17.3 Å². The van der Waals surface area contributed by atoms with E-state index >= 15 is 0 Å². The summed E-state index contributed by atoms with van der Waals surface area (Å²) in [5.41, 5.74) is 1.56. The van der Waals surface area contributed by atoms with Crippen molar-refractivity contribution >= 4 is 39.5 Å². The third-order valence-corrected chi connectivity index (χ3v) is 5.24. The van der Waals surface area contributed by atoms with Gasteiger partial charge in [-0.2, -0.15) is 11.3 Å². The number of amides is 1. The summed E-state index contributed by atoms with van der Waals surface area (Å²) in [6.07, 6.45) is 1.16. The Kier molecular flexibility index (Phi) is 6.67. The van der Waals surface area contributed by atoms with Gasteiger partial charge in [0.25, 0.3) is 0 Å². The Balaban J connectivity index is 1.48. The van der Waals surface area contributed by atoms with Crippen LogP contribution in [0.4, 0.5) is 5.13 Å². The molecule has 1 amide bonds. The number of hydrogen-bond donors (Lipinski definition) is 1. The van der Waals surface area contributed by atoms with Gasteiger partial charge in [0.1, 0.15) is 10.8 Å². The van der Waals surface area contributed by atoms with Gasteiger partial charge in [-0.1, -0.05) is 18.3 Å². The second-order valence-corrected chi connectivity index (χ2v) is 7.53. The lowest BCUT2D eigenvalue weighted by Gasteiger charge is -2.05. The number of hydrogen-bond acceptors (Lipinski definition) is 7. The monoisotopic (exact) mass is 401 g/mol. The Morgan fingerprint density at radius 1 is 1.11 bits per heavy atom. The molecule has 2 aromatic heterocycles. The molecule has 6 nitrogen and oxygen atoms in total. The molecular formula is C19H19N3O3S2. The molecule has 0 saturated heterocycles. The quantitative estimate of drug-likeness (QED) is 0.528. The molecule has 0 fully saturated rings. The minimum absolute atomic E-state index is 0.0802. The number of rotatable bonds is 9. The highest BCUT2D eigenvalue weighted by Gasteiger charge is 2.13. The van der Waals surface area contributed by atoms with Gasteiger partial charge in [-0.05, 0) is 42.1 Å². The van der Waals surface area contributed by atoms with E-state index in [0.717, 1.165) is 22.7 Å². The van der Waals surface area contributed by atoms with Gasteiger partial charge in [0.05, 0.1) is 6.61 Å². The van der Waals surface area contributed by atoms with Gasteiger partial charge in [-0.3, -0.25) is 9.59 Å². The highest BCUT2D eigenvalue weighted by molar-refractivity contribution is 7.19. The highest BCUT2D eigenvalue weighted by Crippen LogP contribution is 2.27. The van der Waals surface area contributed by atoms with Crippen molar-refractivity contribution in [3.05, 3.63) is 46.7 Å². The fraction of sp³-hybridized carbons (Fsp3) is 0.263. The van der Waals surface area contributed by atoms with Crippen molar-refractivity contribution in [1.82, 2.24) is 10.2 Å². The topological polar surface area (TPSA) is 81.2 Å². The minimum Gasteiger partial charge on any atom is -0.494 e. The SMILES string of the molecule is CCCOc1ccc(C(=O)CCC(=O)Nc2nnc(-c3ccsc3)s2)cc1. The van der Waals surface area contributed by atoms with Gasteiger partial charge >= 0.3 is 0 Å². The van der Waals surface area contributed by atoms with E-state index in [-0.39, 0.29) is 24.5 Å². The van der Waals surface area contributed by atoms with Gasteiger partial charge in [0.15, 0.2) is 5.78 Å². The number of ketones is 1. The van der Waals surface area contributed by atoms with E-state index in [1.807, 2.05) is 23.8 Å². The molecule has 0 spiro atoms. The molecule has 140 valence electrons. The number of benzene rings is 1. The van der Waals surface area contributed by atoms with Crippen molar-refractivity contribution in [2.24, 2.45) is 0 Å². The van der Waals surface area contributed by atoms with Crippen LogP contribution in [0.5, 0.6) is 5.75 Å². The Morgan fingerprint density at radius 2 is 1.93 bits per heavy atom. The first-order chi connectivity index (χ1) is 13.2. The Hall–Kier alpha value is -2.58. The largest absolute Gasteiger partial charge is 0.494 e. The molecule has 0 bridgehead atoms. The molecular weight excluding hydrogens is 382 g/mol. The van der Waals surface area contributed by atoms with Crippen LogP contribution in [0.15, 0.2) is 41.1 Å². The van der Waals surface area contributed by atoms with Crippen molar-refractivity contribution in [2.75, 3.05) is 11.9 Å². The lowest BCUT2D eigenvalue weighted by atomic mass is 10.1. The van der Waals surface area contributed by atoms with E-state index in [4.69, 9.17) is 4.74 Å². The lowest BCUT2D eigenvalue weighted by molar-refractivity contribution is -0.116. The van der Waals surface area contributed by atoms with Crippen molar-refractivity contribution in [3.63, 3.8) is 0 Å². The number of nitrogens with zero attached hydrogens (tertiary/aromatic N) is 2. The molecule has 1 N–H and O–H groups in total. The third-order valence-electron chi connectivity index (χ3n) is 3.67. The number of aromatic nitrogens is 2. The van der Waals surface area contributed by atoms with Crippen molar-refractivity contribution in [1.29, 1.82) is 0 Å². The Morgan fingerprint density at radius 3 is 2.63 bits per heavy atom. The van der Waals surface area contributed by atoms with E-state index < -0.39 is 0 Å². The third kappa shape index (κ3) is 5.45. The zero-order valence-corrected chi connectivity index (χ0v) is 16.4. The summed E-state index contributed by atoms with van der Waals surface area (Å²) in [5, 5.41) is 15.9. The standard InChI is InChI=1S/C19H19N3O3S2/c1-2-10-25-15-5-3-13(4-6-15)16(23)7-8-17(24)20-19-22-21-18(27-19)14-9-11-26-12-14/h3-6,9,11-12H,2,7-8,10H2,1H3,(H,20,22,24). The molecule has 0 aliphatic heterocycles. The van der Waals surface area contributed by atoms with E-state index in [9.17, 15) is 9.59 Å². The van der Waals surface area contributed by atoms with Crippen LogP contribution in [0.25, 0.3) is 10.6 Å². The summed E-state index contributed by atoms with van der Waals surface area (Å²) in [6.45, 7) is 2.68. The number of carbonyl (C=O) groups is 2. The van der Waals surface area contributed by atoms with Crippen molar-refractivity contribution in [3.8, 4) is 16.3 Å². The molecule has 0 unspecified atom stereocenters. The number of thiophene rings is 1. The Labute approximate surface area is 165 Å². The summed E-state index contributed by atoms with van der Waals surface area (Å²) < 4.78 is 5.50. The average Bonchev–Trinajstić information content (AvgIpc) is 3.36. The minimum atomic E-state index is -0.251. The molecule has 0 atom stereocenters. The van der Waals surface area contributed by atoms with Gasteiger partial charge in [-0.15, -0.1) is 10.2 Å². The molecule has 3 rings (SSSR count). The van der Waals surface area contributed by atoms with Gasteiger partial charge in [0.2, 0.25) is 11.0 Å². The average molecular weight is 402 g/mol. The first-order valence-electron chi connectivity index (χ1n) is 8.57. The fourth-order valence-corrected chi connectivity index (χ4v) is 3.76. The predicted molar refractivity (Wildman–Crippen MR) is 108 cm³/mol. The first-order valence-corrected chi connectivity index (χ1v) is 10.3. The molecule has 0 saturated carbocycles. The maximum absolute atomic E-state index is 12.2. The number of ether oxygens (including phenoxy) is 1. The summed E-state index contributed by atoms with van der Waals surface area (Å²) in [6, 6.07) is 8.95. The molecule has 3 aromatic rings. The molecule has 0 aliphatic rings. The van der Waals surface area contributed by atoms with Crippen molar-refractivity contribution < 1.29 is 14.3 Å². The van der Waals surface area contributed by atoms with E-state index in [2.05, 4.69) is 15.5 Å². The lowest BCUT2D eigenvalue weighted by Crippen LogP contribution is -2.13. The first kappa shape index (κ1) is 19.2. The van der Waals surface area contributed by atoms with Gasteiger partial charge in [-0.25, -0.2) is 0 Å². The molecule has 27 heavy (non-hydrogen) atoms. The van der Waals surface area contributed by atoms with Gasteiger partial charge in [0, 0.05) is 29.3 Å². The zero-order valence-electron chi connectivity index (χ0n) is 14.8. The van der Waals surface area contributed by atoms with Crippen LogP contribution in [0.3, 0.4) is 0 Å². The van der Waals surface area contributed by atoms with E-state index in [1.165, 1.54) is 11.3 Å². The molecule has 8 heteroatoms. The van der Waals surface area contributed by atoms with Crippen LogP contribution < -0.4 is 10.1 Å².